The average molecular weight is 560 g/mol. The van der Waals surface area contributed by atoms with Gasteiger partial charge in [-0.2, -0.15) is 4.98 Å². The Kier molecular flexibility index (Phi) is 9.24. The summed E-state index contributed by atoms with van der Waals surface area (Å²) in [5.74, 6) is 1.56. The van der Waals surface area contributed by atoms with E-state index >= 15 is 0 Å². The number of ether oxygens (including phenoxy) is 2. The maximum atomic E-state index is 12.6. The molecule has 0 bridgehead atoms. The van der Waals surface area contributed by atoms with Gasteiger partial charge in [0.15, 0.2) is 0 Å². The molecule has 1 amide bonds. The molecule has 1 saturated heterocycles. The van der Waals surface area contributed by atoms with Gasteiger partial charge in [-0.1, -0.05) is 42.2 Å². The molecule has 0 radical (unpaired) electrons. The van der Waals surface area contributed by atoms with Crippen LogP contribution in [0.5, 0.6) is 0 Å². The Morgan fingerprint density at radius 2 is 1.95 bits per heavy atom. The van der Waals surface area contributed by atoms with Crippen molar-refractivity contribution < 1.29 is 18.8 Å². The van der Waals surface area contributed by atoms with Gasteiger partial charge in [0.25, 0.3) is 0 Å². The Bertz CT molecular complexity index is 1250. The first-order chi connectivity index (χ1) is 18.5. The van der Waals surface area contributed by atoms with Crippen molar-refractivity contribution in [2.75, 3.05) is 26.8 Å². The first-order valence-corrected chi connectivity index (χ1v) is 14.2. The number of nitrogens with zero attached hydrogens (tertiary/aromatic N) is 5. The quantitative estimate of drug-likeness (QED) is 0.307. The fourth-order valence-corrected chi connectivity index (χ4v) is 5.64. The van der Waals surface area contributed by atoms with Gasteiger partial charge in [0.05, 0.1) is 17.1 Å². The fourth-order valence-electron chi connectivity index (χ4n) is 5.35. The van der Waals surface area contributed by atoms with Crippen LogP contribution in [0.3, 0.4) is 0 Å². The number of piperazine rings is 1. The lowest BCUT2D eigenvalue weighted by molar-refractivity contribution is -0.0119. The van der Waals surface area contributed by atoms with E-state index in [1.54, 1.807) is 12.0 Å². The van der Waals surface area contributed by atoms with Gasteiger partial charge < -0.3 is 23.5 Å². The maximum Gasteiger partial charge on any atom is 0.410 e. The van der Waals surface area contributed by atoms with Gasteiger partial charge in [0.2, 0.25) is 11.7 Å². The van der Waals surface area contributed by atoms with Crippen LogP contribution in [0.4, 0.5) is 4.79 Å². The summed E-state index contributed by atoms with van der Waals surface area (Å²) >= 11 is 6.68. The molecule has 1 unspecified atom stereocenters. The molecular weight excluding hydrogens is 518 g/mol. The minimum absolute atomic E-state index is 0.107. The zero-order chi connectivity index (χ0) is 28.3. The monoisotopic (exact) mass is 559 g/mol. The smallest absolute Gasteiger partial charge is 0.410 e. The molecule has 3 aromatic rings. The molecule has 3 heterocycles. The summed E-state index contributed by atoms with van der Waals surface area (Å²) in [5.41, 5.74) is 1.37. The van der Waals surface area contributed by atoms with E-state index in [1.165, 1.54) is 0 Å². The Labute approximate surface area is 236 Å². The zero-order valence-electron chi connectivity index (χ0n) is 24.2. The number of hydrogen-bond donors (Lipinski definition) is 0. The zero-order valence-corrected chi connectivity index (χ0v) is 25.0. The normalized spacial score (nSPS) is 19.5. The Balaban J connectivity index is 1.52. The molecule has 0 N–H and O–H groups in total. The summed E-state index contributed by atoms with van der Waals surface area (Å²) in [4.78, 5) is 21.5. The molecule has 0 saturated carbocycles. The molecule has 3 atom stereocenters. The van der Waals surface area contributed by atoms with Crippen LogP contribution in [0, 0.1) is 5.92 Å². The number of fused-ring (bicyclic) bond motifs is 1. The Hall–Kier alpha value is -2.62. The van der Waals surface area contributed by atoms with Crippen LogP contribution in [0.2, 0.25) is 5.02 Å². The SMILES string of the molecule is CCC(CCOC)Cn1cc(-c2noc(CN3[C@H](C)CN(C(=O)OC(C)(C)C)C[C@@H]3C)n2)c2cccc(Cl)c21. The van der Waals surface area contributed by atoms with E-state index in [2.05, 4.69) is 47.7 Å². The highest BCUT2D eigenvalue weighted by Crippen LogP contribution is 2.34. The number of carbonyl (C=O) groups is 1. The van der Waals surface area contributed by atoms with Crippen LogP contribution in [0.15, 0.2) is 28.9 Å². The van der Waals surface area contributed by atoms with Crippen molar-refractivity contribution in [3.63, 3.8) is 0 Å². The van der Waals surface area contributed by atoms with Gasteiger partial charge in [0, 0.05) is 62.6 Å². The molecule has 1 aliphatic heterocycles. The minimum Gasteiger partial charge on any atom is -0.444 e. The molecule has 214 valence electrons. The van der Waals surface area contributed by atoms with Crippen molar-refractivity contribution in [2.24, 2.45) is 5.92 Å². The number of methoxy groups -OCH3 is 1. The number of hydrogen-bond acceptors (Lipinski definition) is 7. The highest BCUT2D eigenvalue weighted by atomic mass is 35.5. The molecule has 0 spiro atoms. The van der Waals surface area contributed by atoms with Crippen molar-refractivity contribution in [1.29, 1.82) is 0 Å². The second kappa shape index (κ2) is 12.3. The molecule has 1 aliphatic rings. The summed E-state index contributed by atoms with van der Waals surface area (Å²) in [6.45, 7) is 15.3. The molecule has 1 fully saturated rings. The predicted octanol–water partition coefficient (Wildman–Crippen LogP) is 6.24. The third-order valence-electron chi connectivity index (χ3n) is 7.39. The summed E-state index contributed by atoms with van der Waals surface area (Å²) in [5, 5.41) is 6.06. The Morgan fingerprint density at radius 3 is 2.59 bits per heavy atom. The number of amides is 1. The number of benzene rings is 1. The van der Waals surface area contributed by atoms with Crippen molar-refractivity contribution in [3.05, 3.63) is 35.3 Å². The van der Waals surface area contributed by atoms with Gasteiger partial charge >= 0.3 is 6.09 Å². The van der Waals surface area contributed by atoms with E-state index in [-0.39, 0.29) is 18.2 Å². The van der Waals surface area contributed by atoms with Crippen LogP contribution in [-0.4, -0.2) is 75.1 Å². The number of halogens is 1. The first kappa shape index (κ1) is 29.4. The van der Waals surface area contributed by atoms with Crippen molar-refractivity contribution >= 4 is 28.6 Å². The number of aromatic nitrogens is 3. The topological polar surface area (TPSA) is 85.9 Å². The van der Waals surface area contributed by atoms with Gasteiger partial charge in [0.1, 0.15) is 5.60 Å². The van der Waals surface area contributed by atoms with Crippen LogP contribution in [0.25, 0.3) is 22.3 Å². The lowest BCUT2D eigenvalue weighted by Crippen LogP contribution is -2.58. The second-order valence-electron chi connectivity index (χ2n) is 11.7. The van der Waals surface area contributed by atoms with E-state index in [4.69, 9.17) is 30.6 Å². The highest BCUT2D eigenvalue weighted by molar-refractivity contribution is 6.35. The summed E-state index contributed by atoms with van der Waals surface area (Å²) < 4.78 is 18.9. The predicted molar refractivity (Wildman–Crippen MR) is 153 cm³/mol. The van der Waals surface area contributed by atoms with E-state index in [0.717, 1.165) is 42.5 Å². The van der Waals surface area contributed by atoms with Gasteiger partial charge in [-0.3, -0.25) is 4.90 Å². The van der Waals surface area contributed by atoms with Gasteiger partial charge in [-0.05, 0) is 53.0 Å². The molecule has 10 heteroatoms. The molecular formula is C29H42ClN5O4. The summed E-state index contributed by atoms with van der Waals surface area (Å²) in [6, 6.07) is 6.14. The number of carbonyl (C=O) groups excluding carboxylic acids is 1. The standard InChI is InChI=1S/C29H42ClN5O4/c1-8-21(12-13-37-7)16-33-17-23(22-10-9-11-24(30)26(22)33)27-31-25(39-32-27)18-35-19(2)14-34(15-20(35)3)28(36)38-29(4,5)6/h9-11,17,19-21H,8,12-16,18H2,1-7H3/t19-,20+,21?. The summed E-state index contributed by atoms with van der Waals surface area (Å²) in [6.07, 6.45) is 3.85. The fraction of sp³-hybridized carbons (Fsp3) is 0.621. The van der Waals surface area contributed by atoms with Crippen molar-refractivity contribution in [1.82, 2.24) is 24.5 Å². The van der Waals surface area contributed by atoms with E-state index in [1.807, 2.05) is 32.9 Å². The van der Waals surface area contributed by atoms with Gasteiger partial charge in [-0.15, -0.1) is 0 Å². The van der Waals surface area contributed by atoms with Crippen LogP contribution in [-0.2, 0) is 22.6 Å². The minimum atomic E-state index is -0.518. The van der Waals surface area contributed by atoms with Crippen molar-refractivity contribution in [3.8, 4) is 11.4 Å². The van der Waals surface area contributed by atoms with E-state index in [9.17, 15) is 4.79 Å². The number of para-hydroxylation sites is 1. The van der Waals surface area contributed by atoms with Crippen LogP contribution >= 0.6 is 11.6 Å². The van der Waals surface area contributed by atoms with E-state index in [0.29, 0.717) is 42.3 Å². The maximum absolute atomic E-state index is 12.6. The third-order valence-corrected chi connectivity index (χ3v) is 7.70. The molecule has 4 rings (SSSR count). The molecule has 2 aromatic heterocycles. The molecule has 0 aliphatic carbocycles. The molecule has 1 aromatic carbocycles. The molecule has 9 nitrogen and oxygen atoms in total. The lowest BCUT2D eigenvalue weighted by Gasteiger charge is -2.43. The van der Waals surface area contributed by atoms with Crippen LogP contribution in [0.1, 0.15) is 60.3 Å². The second-order valence-corrected chi connectivity index (χ2v) is 12.1. The lowest BCUT2D eigenvalue weighted by atomic mass is 10.0. The molecule has 39 heavy (non-hydrogen) atoms. The summed E-state index contributed by atoms with van der Waals surface area (Å²) in [7, 11) is 1.74. The average Bonchev–Trinajstić information content (AvgIpc) is 3.48. The van der Waals surface area contributed by atoms with Crippen LogP contribution < -0.4 is 0 Å². The Morgan fingerprint density at radius 1 is 1.23 bits per heavy atom. The third kappa shape index (κ3) is 6.94. The number of rotatable bonds is 9. The highest BCUT2D eigenvalue weighted by Gasteiger charge is 2.35. The first-order valence-electron chi connectivity index (χ1n) is 13.8. The van der Waals surface area contributed by atoms with Crippen molar-refractivity contribution in [2.45, 2.75) is 85.2 Å². The van der Waals surface area contributed by atoms with E-state index < -0.39 is 5.60 Å². The van der Waals surface area contributed by atoms with Gasteiger partial charge in [-0.25, -0.2) is 4.79 Å². The largest absolute Gasteiger partial charge is 0.444 e.